The second-order valence-electron chi connectivity index (χ2n) is 9.40. The zero-order valence-corrected chi connectivity index (χ0v) is 17.7. The summed E-state index contributed by atoms with van der Waals surface area (Å²) in [4.78, 5) is 26.3. The van der Waals surface area contributed by atoms with Crippen molar-refractivity contribution in [2.24, 2.45) is 13.0 Å². The predicted octanol–water partition coefficient (Wildman–Crippen LogP) is 4.21. The first-order chi connectivity index (χ1) is 14.0. The monoisotopic (exact) mass is 401 g/mol. The Hall–Kier alpha value is -1.85. The Balaban J connectivity index is 1.60. The first-order valence-corrected chi connectivity index (χ1v) is 11.6. The van der Waals surface area contributed by atoms with Crippen molar-refractivity contribution < 1.29 is 14.7 Å². The summed E-state index contributed by atoms with van der Waals surface area (Å²) >= 11 is 0. The molecule has 3 aliphatic rings. The van der Waals surface area contributed by atoms with Crippen LogP contribution in [0.5, 0.6) is 0 Å². The average molecular weight is 402 g/mol. The molecule has 4 atom stereocenters. The molecular formula is C23H35N3O3. The maximum atomic E-state index is 13.3. The number of carbonyl (C=O) groups excluding carboxylic acids is 1. The molecule has 2 aliphatic carbocycles. The number of amides is 1. The van der Waals surface area contributed by atoms with Gasteiger partial charge in [0.15, 0.2) is 0 Å². The third-order valence-corrected chi connectivity index (χ3v) is 7.46. The van der Waals surface area contributed by atoms with Crippen LogP contribution in [-0.4, -0.2) is 44.3 Å². The molecule has 1 aromatic heterocycles. The molecule has 0 bridgehead atoms. The van der Waals surface area contributed by atoms with Gasteiger partial charge in [-0.1, -0.05) is 25.7 Å². The number of nitrogens with zero attached hydrogens (tertiary/aromatic N) is 3. The first kappa shape index (κ1) is 20.4. The van der Waals surface area contributed by atoms with Crippen LogP contribution in [0.15, 0.2) is 6.20 Å². The van der Waals surface area contributed by atoms with Crippen LogP contribution < -0.4 is 0 Å². The van der Waals surface area contributed by atoms with Crippen LogP contribution in [0.3, 0.4) is 0 Å². The molecule has 1 N–H and O–H groups in total. The van der Waals surface area contributed by atoms with Gasteiger partial charge < -0.3 is 10.0 Å². The van der Waals surface area contributed by atoms with Gasteiger partial charge in [0.25, 0.3) is 0 Å². The van der Waals surface area contributed by atoms with Gasteiger partial charge >= 0.3 is 5.97 Å². The van der Waals surface area contributed by atoms with E-state index < -0.39 is 5.97 Å². The number of aromatic nitrogens is 2. The second kappa shape index (κ2) is 8.88. The molecule has 1 aromatic rings. The second-order valence-corrected chi connectivity index (χ2v) is 9.40. The number of carboxylic acid groups (broad SMARTS) is 1. The number of hydrogen-bond donors (Lipinski definition) is 1. The highest BCUT2D eigenvalue weighted by Gasteiger charge is 2.42. The summed E-state index contributed by atoms with van der Waals surface area (Å²) in [5.74, 6) is 0.848. The van der Waals surface area contributed by atoms with Crippen LogP contribution in [0.1, 0.15) is 100 Å². The van der Waals surface area contributed by atoms with Gasteiger partial charge in [0.2, 0.25) is 5.91 Å². The Bertz CT molecular complexity index is 744. The summed E-state index contributed by atoms with van der Waals surface area (Å²) in [5.41, 5.74) is 2.72. The lowest BCUT2D eigenvalue weighted by atomic mass is 9.70. The van der Waals surface area contributed by atoms with E-state index >= 15 is 0 Å². The SMILES string of the molecule is Cn1cc2c(n1)C1CCCCC1CN(C(=O)CCCCC(=O)O)C1CCCCC21. The number of aryl methyl sites for hydroxylation is 1. The lowest BCUT2D eigenvalue weighted by Gasteiger charge is -2.46. The maximum absolute atomic E-state index is 13.3. The zero-order chi connectivity index (χ0) is 20.4. The van der Waals surface area contributed by atoms with Gasteiger partial charge in [-0.3, -0.25) is 14.3 Å². The minimum absolute atomic E-state index is 0.156. The fourth-order valence-electron chi connectivity index (χ4n) is 6.10. The largest absolute Gasteiger partial charge is 0.481 e. The molecule has 4 rings (SSSR count). The topological polar surface area (TPSA) is 75.4 Å². The van der Waals surface area contributed by atoms with Crippen LogP contribution in [0.25, 0.3) is 0 Å². The fourth-order valence-corrected chi connectivity index (χ4v) is 6.10. The van der Waals surface area contributed by atoms with E-state index in [1.165, 1.54) is 49.8 Å². The van der Waals surface area contributed by atoms with Crippen LogP contribution >= 0.6 is 0 Å². The van der Waals surface area contributed by atoms with Crippen molar-refractivity contribution in [2.45, 2.75) is 94.9 Å². The molecule has 2 fully saturated rings. The van der Waals surface area contributed by atoms with Crippen molar-refractivity contribution in [3.63, 3.8) is 0 Å². The first-order valence-electron chi connectivity index (χ1n) is 11.6. The van der Waals surface area contributed by atoms with Gasteiger partial charge in [0, 0.05) is 50.5 Å². The summed E-state index contributed by atoms with van der Waals surface area (Å²) in [5, 5.41) is 13.8. The predicted molar refractivity (Wildman–Crippen MR) is 111 cm³/mol. The van der Waals surface area contributed by atoms with Crippen molar-refractivity contribution in [3.05, 3.63) is 17.5 Å². The number of hydrogen-bond acceptors (Lipinski definition) is 3. The van der Waals surface area contributed by atoms with E-state index in [-0.39, 0.29) is 18.4 Å². The van der Waals surface area contributed by atoms with Gasteiger partial charge in [-0.2, -0.15) is 5.10 Å². The van der Waals surface area contributed by atoms with Crippen molar-refractivity contribution in [1.29, 1.82) is 0 Å². The van der Waals surface area contributed by atoms with E-state index in [0.717, 1.165) is 19.4 Å². The van der Waals surface area contributed by atoms with E-state index in [1.54, 1.807) is 0 Å². The lowest BCUT2D eigenvalue weighted by molar-refractivity contribution is -0.138. The third kappa shape index (κ3) is 4.36. The number of fused-ring (bicyclic) bond motifs is 5. The summed E-state index contributed by atoms with van der Waals surface area (Å²) in [6.07, 6.45) is 13.6. The Morgan fingerprint density at radius 1 is 1.03 bits per heavy atom. The van der Waals surface area contributed by atoms with Crippen LogP contribution in [-0.2, 0) is 16.6 Å². The van der Waals surface area contributed by atoms with Gasteiger partial charge in [-0.15, -0.1) is 0 Å². The summed E-state index contributed by atoms with van der Waals surface area (Å²) < 4.78 is 1.99. The van der Waals surface area contributed by atoms with Crippen LogP contribution in [0.4, 0.5) is 0 Å². The van der Waals surface area contributed by atoms with E-state index in [1.807, 2.05) is 11.7 Å². The summed E-state index contributed by atoms with van der Waals surface area (Å²) in [6, 6.07) is 0.279. The molecule has 6 nitrogen and oxygen atoms in total. The molecule has 0 spiro atoms. The standard InChI is InChI=1S/C23H35N3O3/c1-25-15-19-18-10-4-5-11-20(18)26(21(27)12-6-7-13-22(28)29)14-16-8-2-3-9-17(16)23(19)24-25/h15-18,20H,2-14H2,1H3,(H,28,29). The van der Waals surface area contributed by atoms with Crippen LogP contribution in [0.2, 0.25) is 0 Å². The number of rotatable bonds is 5. The highest BCUT2D eigenvalue weighted by molar-refractivity contribution is 5.77. The average Bonchev–Trinajstić information content (AvgIpc) is 3.09. The zero-order valence-electron chi connectivity index (χ0n) is 17.7. The van der Waals surface area contributed by atoms with Gasteiger partial charge in [-0.25, -0.2) is 0 Å². The molecule has 2 saturated carbocycles. The minimum Gasteiger partial charge on any atom is -0.481 e. The van der Waals surface area contributed by atoms with Gasteiger partial charge in [-0.05, 0) is 50.0 Å². The van der Waals surface area contributed by atoms with E-state index in [0.29, 0.717) is 37.0 Å². The molecule has 6 heteroatoms. The highest BCUT2D eigenvalue weighted by Crippen LogP contribution is 2.47. The molecule has 0 radical (unpaired) electrons. The molecule has 2 heterocycles. The highest BCUT2D eigenvalue weighted by atomic mass is 16.4. The van der Waals surface area contributed by atoms with E-state index in [2.05, 4.69) is 11.1 Å². The number of aliphatic carboxylic acids is 1. The molecule has 0 saturated heterocycles. The Kier molecular flexibility index (Phi) is 6.26. The molecule has 0 aromatic carbocycles. The smallest absolute Gasteiger partial charge is 0.303 e. The normalized spacial score (nSPS) is 29.2. The van der Waals surface area contributed by atoms with E-state index in [4.69, 9.17) is 10.2 Å². The van der Waals surface area contributed by atoms with Crippen molar-refractivity contribution in [2.75, 3.05) is 6.54 Å². The Morgan fingerprint density at radius 3 is 2.52 bits per heavy atom. The molecule has 29 heavy (non-hydrogen) atoms. The maximum Gasteiger partial charge on any atom is 0.303 e. The van der Waals surface area contributed by atoms with Gasteiger partial charge in [0.1, 0.15) is 0 Å². The third-order valence-electron chi connectivity index (χ3n) is 7.46. The number of carboxylic acids is 1. The van der Waals surface area contributed by atoms with Crippen molar-refractivity contribution in [1.82, 2.24) is 14.7 Å². The Morgan fingerprint density at radius 2 is 1.72 bits per heavy atom. The van der Waals surface area contributed by atoms with E-state index in [9.17, 15) is 9.59 Å². The van der Waals surface area contributed by atoms with Gasteiger partial charge in [0.05, 0.1) is 5.69 Å². The fraction of sp³-hybridized carbons (Fsp3) is 0.783. The van der Waals surface area contributed by atoms with Crippen LogP contribution in [0, 0.1) is 5.92 Å². The summed E-state index contributed by atoms with van der Waals surface area (Å²) in [7, 11) is 2.03. The minimum atomic E-state index is -0.773. The number of carbonyl (C=O) groups is 2. The molecule has 160 valence electrons. The Labute approximate surface area is 173 Å². The van der Waals surface area contributed by atoms with Crippen molar-refractivity contribution in [3.8, 4) is 0 Å². The van der Waals surface area contributed by atoms with Crippen molar-refractivity contribution >= 4 is 11.9 Å². The number of unbranched alkanes of at least 4 members (excludes halogenated alkanes) is 1. The molecular weight excluding hydrogens is 366 g/mol. The quantitative estimate of drug-likeness (QED) is 0.750. The summed E-state index contributed by atoms with van der Waals surface area (Å²) in [6.45, 7) is 0.861. The lowest BCUT2D eigenvalue weighted by Crippen LogP contribution is -2.49. The molecule has 1 amide bonds. The molecule has 1 aliphatic heterocycles. The molecule has 4 unspecified atom stereocenters.